The summed E-state index contributed by atoms with van der Waals surface area (Å²) in [5.74, 6) is 1.32. The highest BCUT2D eigenvalue weighted by Gasteiger charge is 2.32. The highest BCUT2D eigenvalue weighted by atomic mass is 19.1. The molecule has 0 amide bonds. The van der Waals surface area contributed by atoms with Crippen LogP contribution in [-0.2, 0) is 17.8 Å². The fourth-order valence-electron chi connectivity index (χ4n) is 6.52. The maximum absolute atomic E-state index is 14.8. The lowest BCUT2D eigenvalue weighted by Gasteiger charge is -2.35. The van der Waals surface area contributed by atoms with E-state index in [0.29, 0.717) is 41.4 Å². The van der Waals surface area contributed by atoms with Gasteiger partial charge in [-0.25, -0.2) is 14.2 Å². The molecule has 11 heteroatoms. The van der Waals surface area contributed by atoms with Crippen molar-refractivity contribution in [2.75, 3.05) is 33.4 Å². The second-order valence-corrected chi connectivity index (χ2v) is 11.8. The van der Waals surface area contributed by atoms with E-state index in [0.717, 1.165) is 55.9 Å². The molecule has 0 unspecified atom stereocenters. The van der Waals surface area contributed by atoms with Crippen LogP contribution in [0.5, 0.6) is 17.2 Å². The maximum Gasteiger partial charge on any atom is 0.335 e. The SMILES string of the molecule is COc1cc(C(=O)O)cc2c1nc(CN1CCC(c3cccc4c3O[C@@H](c3ccc(C#N)cc3F)CO4)CC1)n2C[C@@H]1CCO1. The van der Waals surface area contributed by atoms with E-state index in [-0.39, 0.29) is 29.8 Å². The second kappa shape index (κ2) is 12.0. The smallest absolute Gasteiger partial charge is 0.335 e. The van der Waals surface area contributed by atoms with Crippen LogP contribution in [0, 0.1) is 17.1 Å². The third-order valence-electron chi connectivity index (χ3n) is 9.07. The number of hydrogen-bond donors (Lipinski definition) is 1. The van der Waals surface area contributed by atoms with Crippen LogP contribution in [0.3, 0.4) is 0 Å². The molecule has 0 aliphatic carbocycles. The van der Waals surface area contributed by atoms with Crippen molar-refractivity contribution in [2.45, 2.75) is 50.5 Å². The van der Waals surface area contributed by atoms with Gasteiger partial charge in [0.15, 0.2) is 17.6 Å². The molecule has 0 saturated carbocycles. The lowest BCUT2D eigenvalue weighted by molar-refractivity contribution is -0.0592. The van der Waals surface area contributed by atoms with Crippen molar-refractivity contribution in [3.8, 4) is 23.3 Å². The van der Waals surface area contributed by atoms with Gasteiger partial charge in [0, 0.05) is 17.7 Å². The number of carboxylic acids is 1. The third-order valence-corrected chi connectivity index (χ3v) is 9.07. The summed E-state index contributed by atoms with van der Waals surface area (Å²) in [6.07, 6.45) is 2.17. The van der Waals surface area contributed by atoms with Gasteiger partial charge >= 0.3 is 5.97 Å². The highest BCUT2D eigenvalue weighted by Crippen LogP contribution is 2.45. The van der Waals surface area contributed by atoms with E-state index < -0.39 is 17.9 Å². The molecule has 4 aromatic rings. The zero-order valence-corrected chi connectivity index (χ0v) is 24.9. The molecular formula is C34H33FN4O6. The van der Waals surface area contributed by atoms with E-state index in [2.05, 4.69) is 15.5 Å². The number of aromatic nitrogens is 2. The minimum absolute atomic E-state index is 0.0689. The molecule has 4 heterocycles. The van der Waals surface area contributed by atoms with Crippen molar-refractivity contribution >= 4 is 17.0 Å². The van der Waals surface area contributed by atoms with Gasteiger partial charge in [-0.05, 0) is 68.6 Å². The van der Waals surface area contributed by atoms with E-state index in [1.165, 1.54) is 19.2 Å². The van der Waals surface area contributed by atoms with Crippen molar-refractivity contribution in [3.63, 3.8) is 0 Å². The summed E-state index contributed by atoms with van der Waals surface area (Å²) in [7, 11) is 1.53. The maximum atomic E-state index is 14.8. The molecule has 1 N–H and O–H groups in total. The molecule has 0 spiro atoms. The van der Waals surface area contributed by atoms with E-state index >= 15 is 0 Å². The number of nitrogens with zero attached hydrogens (tertiary/aromatic N) is 4. The lowest BCUT2D eigenvalue weighted by Crippen LogP contribution is -2.35. The Morgan fingerprint density at radius 1 is 1.16 bits per heavy atom. The van der Waals surface area contributed by atoms with Crippen molar-refractivity contribution in [1.82, 2.24) is 14.5 Å². The molecule has 2 saturated heterocycles. The number of para-hydroxylation sites is 1. The third kappa shape index (κ3) is 5.56. The average molecular weight is 613 g/mol. The number of benzene rings is 3. The molecule has 45 heavy (non-hydrogen) atoms. The Labute approximate surface area is 259 Å². The van der Waals surface area contributed by atoms with Crippen LogP contribution in [0.25, 0.3) is 11.0 Å². The number of piperidine rings is 1. The fourth-order valence-corrected chi connectivity index (χ4v) is 6.52. The van der Waals surface area contributed by atoms with Crippen LogP contribution in [0.4, 0.5) is 4.39 Å². The molecule has 1 aromatic heterocycles. The van der Waals surface area contributed by atoms with Gasteiger partial charge in [0.05, 0.1) is 49.0 Å². The number of halogens is 1. The zero-order chi connectivity index (χ0) is 31.1. The number of carbonyl (C=O) groups is 1. The predicted molar refractivity (Wildman–Crippen MR) is 161 cm³/mol. The summed E-state index contributed by atoms with van der Waals surface area (Å²) < 4.78 is 40.6. The number of likely N-dealkylation sites (tertiary alicyclic amines) is 1. The Hall–Kier alpha value is -4.66. The number of fused-ring (bicyclic) bond motifs is 2. The molecule has 2 atom stereocenters. The van der Waals surface area contributed by atoms with Gasteiger partial charge in [-0.2, -0.15) is 5.26 Å². The molecule has 232 valence electrons. The molecule has 10 nitrogen and oxygen atoms in total. The molecule has 3 aliphatic heterocycles. The van der Waals surface area contributed by atoms with Crippen molar-refractivity contribution in [3.05, 3.63) is 82.4 Å². The first-order valence-electron chi connectivity index (χ1n) is 15.2. The molecule has 0 radical (unpaired) electrons. The topological polar surface area (TPSA) is 119 Å². The Balaban J connectivity index is 1.09. The normalized spacial score (nSPS) is 20.0. The second-order valence-electron chi connectivity index (χ2n) is 11.8. The monoisotopic (exact) mass is 612 g/mol. The first kappa shape index (κ1) is 29.1. The first-order chi connectivity index (χ1) is 21.9. The number of nitriles is 1. The molecule has 3 aromatic carbocycles. The lowest BCUT2D eigenvalue weighted by atomic mass is 9.88. The minimum atomic E-state index is -1.02. The van der Waals surface area contributed by atoms with Gasteiger partial charge in [-0.1, -0.05) is 18.2 Å². The summed E-state index contributed by atoms with van der Waals surface area (Å²) in [4.78, 5) is 19.1. The average Bonchev–Trinajstić information content (AvgIpc) is 3.38. The quantitative estimate of drug-likeness (QED) is 0.278. The van der Waals surface area contributed by atoms with Gasteiger partial charge in [0.1, 0.15) is 29.5 Å². The van der Waals surface area contributed by atoms with Gasteiger partial charge in [-0.15, -0.1) is 0 Å². The standard InChI is InChI=1S/C34H33FN4O6/c1-42-29-15-22(34(40)41)14-27-32(29)37-31(39(27)17-23-9-12-43-23)18-38-10-7-21(8-11-38)24-3-2-4-28-33(24)45-30(19-44-28)25-6-5-20(16-36)13-26(25)35/h2-6,13-15,21,23,30H,7-12,17-19H2,1H3,(H,40,41)/t23-,30+/m0/s1. The number of imidazole rings is 1. The summed E-state index contributed by atoms with van der Waals surface area (Å²) in [5.41, 5.74) is 3.21. The van der Waals surface area contributed by atoms with Gasteiger partial charge in [-0.3, -0.25) is 4.90 Å². The summed E-state index contributed by atoms with van der Waals surface area (Å²) in [5, 5.41) is 18.8. The molecule has 7 rings (SSSR count). The number of rotatable bonds is 8. The van der Waals surface area contributed by atoms with Crippen LogP contribution in [0.1, 0.15) is 64.2 Å². The molecule has 3 aliphatic rings. The zero-order valence-electron chi connectivity index (χ0n) is 24.9. The molecular weight excluding hydrogens is 579 g/mol. The van der Waals surface area contributed by atoms with Gasteiger partial charge < -0.3 is 28.6 Å². The van der Waals surface area contributed by atoms with Crippen LogP contribution >= 0.6 is 0 Å². The highest BCUT2D eigenvalue weighted by molar-refractivity contribution is 5.95. The molecule has 2 fully saturated rings. The number of methoxy groups -OCH3 is 1. The van der Waals surface area contributed by atoms with E-state index in [9.17, 15) is 14.3 Å². The van der Waals surface area contributed by atoms with Gasteiger partial charge in [0.25, 0.3) is 0 Å². The first-order valence-corrected chi connectivity index (χ1v) is 15.2. The van der Waals surface area contributed by atoms with Crippen LogP contribution < -0.4 is 14.2 Å². The Bertz CT molecular complexity index is 1800. The van der Waals surface area contributed by atoms with Gasteiger partial charge in [0.2, 0.25) is 0 Å². The van der Waals surface area contributed by atoms with Crippen molar-refractivity contribution in [1.29, 1.82) is 5.26 Å². The summed E-state index contributed by atoms with van der Waals surface area (Å²) in [6, 6.07) is 15.5. The largest absolute Gasteiger partial charge is 0.494 e. The number of ether oxygens (including phenoxy) is 4. The summed E-state index contributed by atoms with van der Waals surface area (Å²) >= 11 is 0. The predicted octanol–water partition coefficient (Wildman–Crippen LogP) is 5.43. The Morgan fingerprint density at radius 3 is 2.67 bits per heavy atom. The number of aromatic carboxylic acids is 1. The minimum Gasteiger partial charge on any atom is -0.494 e. The fraction of sp³-hybridized carbons (Fsp3) is 0.382. The number of carboxylic acid groups (broad SMARTS) is 1. The van der Waals surface area contributed by atoms with E-state index in [4.69, 9.17) is 29.2 Å². The van der Waals surface area contributed by atoms with E-state index in [1.54, 1.807) is 18.2 Å². The summed E-state index contributed by atoms with van der Waals surface area (Å²) in [6.45, 7) is 3.76. The Morgan fingerprint density at radius 2 is 1.98 bits per heavy atom. The van der Waals surface area contributed by atoms with Crippen molar-refractivity contribution in [2.24, 2.45) is 0 Å². The number of hydrogen-bond acceptors (Lipinski definition) is 8. The molecule has 0 bridgehead atoms. The van der Waals surface area contributed by atoms with Crippen LogP contribution in [0.15, 0.2) is 48.5 Å². The van der Waals surface area contributed by atoms with Crippen molar-refractivity contribution < 1.29 is 33.2 Å². The Kier molecular flexibility index (Phi) is 7.77. The van der Waals surface area contributed by atoms with Crippen LogP contribution in [0.2, 0.25) is 0 Å². The van der Waals surface area contributed by atoms with E-state index in [1.807, 2.05) is 18.2 Å². The van der Waals surface area contributed by atoms with Crippen LogP contribution in [-0.4, -0.2) is 65.0 Å².